The highest BCUT2D eigenvalue weighted by atomic mass is 31.2. The Bertz CT molecular complexity index is 803. The maximum Gasteiger partial charge on any atom is 0.333 e. The number of carboxylic acid groups (broad SMARTS) is 1. The first-order valence-corrected chi connectivity index (χ1v) is 16.3. The minimum atomic E-state index is -1.18. The second-order valence-corrected chi connectivity index (χ2v) is 14.4. The van der Waals surface area contributed by atoms with Crippen molar-refractivity contribution < 1.29 is 34.1 Å². The van der Waals surface area contributed by atoms with Crippen LogP contribution in [0.25, 0.3) is 0 Å². The summed E-state index contributed by atoms with van der Waals surface area (Å²) in [6.07, 6.45) is 11.0. The lowest BCUT2D eigenvalue weighted by molar-refractivity contribution is -0.255. The summed E-state index contributed by atoms with van der Waals surface area (Å²) in [5, 5.41) is 20.0. The summed E-state index contributed by atoms with van der Waals surface area (Å²) in [6, 6.07) is 8.06. The molecule has 7 nitrogen and oxygen atoms in total. The number of aliphatic hydroxyl groups is 1. The first kappa shape index (κ1) is 35.8. The molecule has 1 aromatic rings. The minimum absolute atomic E-state index is 0.156. The maximum absolute atomic E-state index is 12.6. The molecule has 38 heavy (non-hydrogen) atoms. The molecule has 0 amide bonds. The van der Waals surface area contributed by atoms with Crippen molar-refractivity contribution in [2.45, 2.75) is 79.2 Å². The number of carboxylic acids is 1. The summed E-state index contributed by atoms with van der Waals surface area (Å²) in [6.45, 7) is 13.3. The van der Waals surface area contributed by atoms with Gasteiger partial charge in [-0.2, -0.15) is 0 Å². The van der Waals surface area contributed by atoms with Crippen LogP contribution in [-0.2, 0) is 19.1 Å². The van der Waals surface area contributed by atoms with E-state index in [9.17, 15) is 24.6 Å². The molecule has 1 rings (SSSR count). The second kappa shape index (κ2) is 20.7. The summed E-state index contributed by atoms with van der Waals surface area (Å²) < 4.78 is 10.2. The van der Waals surface area contributed by atoms with Gasteiger partial charge in [0.25, 0.3) is 0 Å². The number of aliphatic hydroxyl groups excluding tert-OH is 1. The monoisotopic (exact) mass is 552 g/mol. The van der Waals surface area contributed by atoms with E-state index in [-0.39, 0.29) is 36.2 Å². The number of carbonyl (C=O) groups excluding carboxylic acids is 3. The van der Waals surface area contributed by atoms with Crippen LogP contribution in [0.4, 0.5) is 0 Å². The summed E-state index contributed by atoms with van der Waals surface area (Å²) >= 11 is 0. The normalized spacial score (nSPS) is 12.5. The highest BCUT2D eigenvalue weighted by molar-refractivity contribution is 7.75. The Hall–Kier alpha value is -2.24. The standard InChI is InChI=1S/C23H44O5P.C7H6O2/c1-7-10-13-29(14-11-8-2,15-12-9-3)18-20(6)23(26)28-17-21(24)16-27-22(25)19(4)5;8-7(9)6-4-2-1-3-5-6/h20-21,24H,4,7-18H2,1-3,5-6H3;1-5H,(H,8,9)/q+1;/p-1. The van der Waals surface area contributed by atoms with E-state index in [0.717, 1.165) is 6.16 Å². The van der Waals surface area contributed by atoms with E-state index in [1.807, 2.05) is 6.92 Å². The zero-order chi connectivity index (χ0) is 29.0. The molecule has 0 fully saturated rings. The Labute approximate surface area is 230 Å². The van der Waals surface area contributed by atoms with Crippen molar-refractivity contribution in [2.24, 2.45) is 5.92 Å². The van der Waals surface area contributed by atoms with E-state index >= 15 is 0 Å². The average Bonchev–Trinajstić information content (AvgIpc) is 2.91. The Morgan fingerprint density at radius 2 is 1.39 bits per heavy atom. The van der Waals surface area contributed by atoms with Crippen LogP contribution >= 0.6 is 7.26 Å². The van der Waals surface area contributed by atoms with Gasteiger partial charge in [-0.25, -0.2) is 4.79 Å². The van der Waals surface area contributed by atoms with Gasteiger partial charge in [-0.05, 0) is 38.7 Å². The summed E-state index contributed by atoms with van der Waals surface area (Å²) in [5.41, 5.74) is 0.492. The number of esters is 2. The zero-order valence-corrected chi connectivity index (χ0v) is 25.0. The number of carbonyl (C=O) groups is 3. The topological polar surface area (TPSA) is 113 Å². The third kappa shape index (κ3) is 15.9. The number of rotatable bonds is 18. The molecule has 0 heterocycles. The lowest BCUT2D eigenvalue weighted by Gasteiger charge is -2.30. The van der Waals surface area contributed by atoms with Gasteiger partial charge in [0.1, 0.15) is 19.3 Å². The lowest BCUT2D eigenvalue weighted by Crippen LogP contribution is -2.29. The Balaban J connectivity index is 0.00000127. The molecule has 2 atom stereocenters. The van der Waals surface area contributed by atoms with E-state index in [1.54, 1.807) is 25.1 Å². The minimum Gasteiger partial charge on any atom is -0.545 e. The van der Waals surface area contributed by atoms with Crippen molar-refractivity contribution in [1.29, 1.82) is 0 Å². The van der Waals surface area contributed by atoms with E-state index < -0.39 is 25.3 Å². The van der Waals surface area contributed by atoms with Crippen molar-refractivity contribution in [3.63, 3.8) is 0 Å². The molecule has 0 aliphatic carbocycles. The Morgan fingerprint density at radius 3 is 1.79 bits per heavy atom. The van der Waals surface area contributed by atoms with Crippen LogP contribution in [0.5, 0.6) is 0 Å². The second-order valence-electron chi connectivity index (χ2n) is 9.97. The van der Waals surface area contributed by atoms with Crippen LogP contribution in [0, 0.1) is 5.92 Å². The van der Waals surface area contributed by atoms with Crippen molar-refractivity contribution in [1.82, 2.24) is 0 Å². The highest BCUT2D eigenvalue weighted by Gasteiger charge is 2.39. The molecule has 8 heteroatoms. The Morgan fingerprint density at radius 1 is 0.921 bits per heavy atom. The molecule has 0 saturated carbocycles. The summed E-state index contributed by atoms with van der Waals surface area (Å²) in [4.78, 5) is 34.0. The van der Waals surface area contributed by atoms with E-state index in [2.05, 4.69) is 27.4 Å². The number of unbranched alkanes of at least 4 members (excludes halogenated alkanes) is 3. The van der Waals surface area contributed by atoms with Gasteiger partial charge in [0.15, 0.2) is 0 Å². The van der Waals surface area contributed by atoms with E-state index in [1.165, 1.54) is 69.1 Å². The fraction of sp³-hybridized carbons (Fsp3) is 0.633. The van der Waals surface area contributed by atoms with Crippen molar-refractivity contribution in [3.05, 3.63) is 48.0 Å². The maximum atomic E-state index is 12.6. The van der Waals surface area contributed by atoms with Gasteiger partial charge in [-0.1, -0.05) is 76.9 Å². The van der Waals surface area contributed by atoms with Crippen molar-refractivity contribution >= 4 is 25.2 Å². The van der Waals surface area contributed by atoms with Crippen molar-refractivity contribution in [3.8, 4) is 0 Å². The van der Waals surface area contributed by atoms with Crippen LogP contribution in [-0.4, -0.2) is 67.0 Å². The van der Waals surface area contributed by atoms with E-state index in [4.69, 9.17) is 9.47 Å². The number of benzene rings is 1. The van der Waals surface area contributed by atoms with Crippen LogP contribution in [0.15, 0.2) is 42.5 Å². The third-order valence-electron chi connectivity index (χ3n) is 6.20. The van der Waals surface area contributed by atoms with Gasteiger partial charge in [0.2, 0.25) is 0 Å². The molecular weight excluding hydrogens is 503 g/mol. The van der Waals surface area contributed by atoms with Crippen molar-refractivity contribution in [2.75, 3.05) is 37.9 Å². The predicted octanol–water partition coefficient (Wildman–Crippen LogP) is 5.11. The first-order chi connectivity index (χ1) is 18.0. The molecule has 1 aromatic carbocycles. The van der Waals surface area contributed by atoms with Crippen LogP contribution in [0.3, 0.4) is 0 Å². The molecule has 0 saturated heterocycles. The van der Waals surface area contributed by atoms with Gasteiger partial charge in [0.05, 0.1) is 36.5 Å². The molecule has 2 unspecified atom stereocenters. The van der Waals surface area contributed by atoms with Gasteiger partial charge in [-0.15, -0.1) is 0 Å². The molecular formula is C30H49O7P. The molecule has 0 aliphatic heterocycles. The number of hydrogen-bond acceptors (Lipinski definition) is 7. The van der Waals surface area contributed by atoms with Gasteiger partial charge >= 0.3 is 11.9 Å². The molecule has 0 spiro atoms. The Kier molecular flexibility index (Phi) is 19.5. The molecule has 0 aliphatic rings. The van der Waals surface area contributed by atoms with Crippen LogP contribution < -0.4 is 5.11 Å². The third-order valence-corrected chi connectivity index (χ3v) is 11.3. The van der Waals surface area contributed by atoms with Gasteiger partial charge in [-0.3, -0.25) is 4.79 Å². The van der Waals surface area contributed by atoms with E-state index in [0.29, 0.717) is 0 Å². The number of ether oxygens (including phenoxy) is 2. The molecule has 216 valence electrons. The molecule has 0 radical (unpaired) electrons. The smallest absolute Gasteiger partial charge is 0.333 e. The molecule has 0 aromatic heterocycles. The van der Waals surface area contributed by atoms with Gasteiger partial charge in [0, 0.05) is 12.8 Å². The quantitative estimate of drug-likeness (QED) is 0.153. The SMILES string of the molecule is C=C(C)C(=O)OCC(O)COC(=O)C(C)C[P+](CCCC)(CCCC)CCCC.O=C([O-])c1ccccc1. The molecule has 1 N–H and O–H groups in total. The number of aromatic carboxylic acids is 1. The highest BCUT2D eigenvalue weighted by Crippen LogP contribution is 2.61. The fourth-order valence-corrected chi connectivity index (χ4v) is 9.47. The summed E-state index contributed by atoms with van der Waals surface area (Å²) in [5.74, 6) is -2.11. The van der Waals surface area contributed by atoms with Gasteiger partial charge < -0.3 is 24.5 Å². The zero-order valence-electron chi connectivity index (χ0n) is 24.1. The lowest BCUT2D eigenvalue weighted by atomic mass is 10.2. The number of hydrogen-bond donors (Lipinski definition) is 1. The first-order valence-electron chi connectivity index (χ1n) is 13.8. The van der Waals surface area contributed by atoms with Crippen LogP contribution in [0.2, 0.25) is 0 Å². The molecule has 0 bridgehead atoms. The summed E-state index contributed by atoms with van der Waals surface area (Å²) in [7, 11) is -1.18. The average molecular weight is 553 g/mol. The van der Waals surface area contributed by atoms with Crippen LogP contribution in [0.1, 0.15) is 83.5 Å². The fourth-order valence-electron chi connectivity index (χ4n) is 3.98. The predicted molar refractivity (Wildman–Crippen MR) is 154 cm³/mol. The largest absolute Gasteiger partial charge is 0.545 e.